The predicted molar refractivity (Wildman–Crippen MR) is 45.1 cm³/mol. The number of hydrogen-bond acceptors (Lipinski definition) is 3. The molecule has 0 bridgehead atoms. The second kappa shape index (κ2) is 2.48. The normalized spacial score (nSPS) is 20.2. The van der Waals surface area contributed by atoms with Crippen LogP contribution in [0.3, 0.4) is 0 Å². The van der Waals surface area contributed by atoms with E-state index in [4.69, 9.17) is 4.74 Å². The topological polar surface area (TPSA) is 39.1 Å². The molecule has 1 N–H and O–H groups in total. The number of ether oxygens (including phenoxy) is 1. The largest absolute Gasteiger partial charge is 0.469 e. The van der Waals surface area contributed by atoms with Gasteiger partial charge in [-0.1, -0.05) is 0 Å². The van der Waals surface area contributed by atoms with E-state index in [1.165, 1.54) is 0 Å². The maximum atomic E-state index is 5.75. The molecule has 0 atom stereocenters. The Morgan fingerprint density at radius 3 is 2.83 bits per heavy atom. The summed E-state index contributed by atoms with van der Waals surface area (Å²) < 4.78 is 7.63. The van der Waals surface area contributed by atoms with Crippen molar-refractivity contribution >= 4 is 0 Å². The Hall–Kier alpha value is -1.03. The number of aromatic nitrogens is 2. The summed E-state index contributed by atoms with van der Waals surface area (Å²) in [6.45, 7) is 3.92. The Morgan fingerprint density at radius 2 is 2.42 bits per heavy atom. The van der Waals surface area contributed by atoms with Gasteiger partial charge in [0.05, 0.1) is 12.5 Å². The number of aryl methyl sites for hydroxylation is 1. The molecular formula is C8H13N3O. The minimum Gasteiger partial charge on any atom is -0.469 e. The van der Waals surface area contributed by atoms with Gasteiger partial charge < -0.3 is 14.6 Å². The first-order chi connectivity index (χ1) is 5.70. The van der Waals surface area contributed by atoms with Crippen LogP contribution in [0.2, 0.25) is 0 Å². The van der Waals surface area contributed by atoms with Gasteiger partial charge in [0.1, 0.15) is 5.60 Å². The molecule has 4 heteroatoms. The van der Waals surface area contributed by atoms with Crippen LogP contribution in [0.4, 0.5) is 0 Å². The van der Waals surface area contributed by atoms with E-state index in [0.717, 1.165) is 19.0 Å². The smallest absolute Gasteiger partial charge is 0.214 e. The van der Waals surface area contributed by atoms with Crippen molar-refractivity contribution in [2.45, 2.75) is 12.5 Å². The summed E-state index contributed by atoms with van der Waals surface area (Å²) in [6.07, 6.45) is 3.48. The highest BCUT2D eigenvalue weighted by Gasteiger charge is 2.34. The summed E-state index contributed by atoms with van der Waals surface area (Å²) in [5, 5.41) is 3.18. The first-order valence-corrected chi connectivity index (χ1v) is 4.06. The van der Waals surface area contributed by atoms with Gasteiger partial charge in [0.25, 0.3) is 0 Å². The van der Waals surface area contributed by atoms with Crippen LogP contribution in [0.1, 0.15) is 6.92 Å². The molecule has 2 heterocycles. The van der Waals surface area contributed by atoms with E-state index < -0.39 is 0 Å². The zero-order valence-corrected chi connectivity index (χ0v) is 7.37. The highest BCUT2D eigenvalue weighted by atomic mass is 16.5. The SMILES string of the molecule is Cn1cncc1OC1(C)CNC1. The van der Waals surface area contributed by atoms with Crippen molar-refractivity contribution in [2.75, 3.05) is 13.1 Å². The van der Waals surface area contributed by atoms with Crippen molar-refractivity contribution in [3.8, 4) is 5.88 Å². The number of nitrogens with one attached hydrogen (secondary N) is 1. The van der Waals surface area contributed by atoms with Crippen LogP contribution in [0.25, 0.3) is 0 Å². The quantitative estimate of drug-likeness (QED) is 0.682. The van der Waals surface area contributed by atoms with Gasteiger partial charge in [-0.15, -0.1) is 0 Å². The lowest BCUT2D eigenvalue weighted by Gasteiger charge is -2.39. The zero-order chi connectivity index (χ0) is 8.60. The van der Waals surface area contributed by atoms with Crippen LogP contribution in [0, 0.1) is 0 Å². The molecule has 0 aliphatic carbocycles. The third-order valence-electron chi connectivity index (χ3n) is 2.12. The van der Waals surface area contributed by atoms with Gasteiger partial charge in [-0.2, -0.15) is 0 Å². The molecule has 1 saturated heterocycles. The molecule has 2 rings (SSSR count). The van der Waals surface area contributed by atoms with Gasteiger partial charge >= 0.3 is 0 Å². The van der Waals surface area contributed by atoms with Crippen molar-refractivity contribution in [2.24, 2.45) is 7.05 Å². The van der Waals surface area contributed by atoms with Crippen molar-refractivity contribution in [1.29, 1.82) is 0 Å². The van der Waals surface area contributed by atoms with Gasteiger partial charge in [-0.05, 0) is 6.92 Å². The van der Waals surface area contributed by atoms with Gasteiger partial charge in [-0.25, -0.2) is 4.98 Å². The van der Waals surface area contributed by atoms with Gasteiger partial charge in [0.15, 0.2) is 0 Å². The molecule has 1 aliphatic heterocycles. The van der Waals surface area contributed by atoms with Crippen molar-refractivity contribution in [3.05, 3.63) is 12.5 Å². The highest BCUT2D eigenvalue weighted by Crippen LogP contribution is 2.20. The minimum atomic E-state index is -0.0339. The van der Waals surface area contributed by atoms with Gasteiger partial charge in [0.2, 0.25) is 5.88 Å². The van der Waals surface area contributed by atoms with Crippen molar-refractivity contribution in [1.82, 2.24) is 14.9 Å². The van der Waals surface area contributed by atoms with E-state index in [2.05, 4.69) is 17.2 Å². The fourth-order valence-electron chi connectivity index (χ4n) is 1.25. The van der Waals surface area contributed by atoms with Crippen molar-refractivity contribution < 1.29 is 4.74 Å². The van der Waals surface area contributed by atoms with Gasteiger partial charge in [-0.3, -0.25) is 0 Å². The number of hydrogen-bond donors (Lipinski definition) is 1. The third kappa shape index (κ3) is 1.18. The van der Waals surface area contributed by atoms with E-state index >= 15 is 0 Å². The van der Waals surface area contributed by atoms with Crippen LogP contribution >= 0.6 is 0 Å². The fourth-order valence-corrected chi connectivity index (χ4v) is 1.25. The van der Waals surface area contributed by atoms with Crippen LogP contribution < -0.4 is 10.1 Å². The number of nitrogens with zero attached hydrogens (tertiary/aromatic N) is 2. The fraction of sp³-hybridized carbons (Fsp3) is 0.625. The molecule has 0 spiro atoms. The van der Waals surface area contributed by atoms with Crippen LogP contribution in [-0.2, 0) is 7.05 Å². The Morgan fingerprint density at radius 1 is 1.67 bits per heavy atom. The minimum absolute atomic E-state index is 0.0339. The van der Waals surface area contributed by atoms with Crippen LogP contribution in [0.15, 0.2) is 12.5 Å². The van der Waals surface area contributed by atoms with Crippen LogP contribution in [-0.4, -0.2) is 28.2 Å². The molecule has 1 fully saturated rings. The van der Waals surface area contributed by atoms with Crippen LogP contribution in [0.5, 0.6) is 5.88 Å². The van der Waals surface area contributed by atoms with E-state index in [9.17, 15) is 0 Å². The van der Waals surface area contributed by atoms with Gasteiger partial charge in [0, 0.05) is 20.1 Å². The van der Waals surface area contributed by atoms with E-state index in [1.54, 1.807) is 12.5 Å². The molecule has 0 unspecified atom stereocenters. The molecule has 1 aliphatic rings. The Labute approximate surface area is 71.6 Å². The maximum absolute atomic E-state index is 5.75. The summed E-state index contributed by atoms with van der Waals surface area (Å²) in [7, 11) is 1.93. The molecule has 12 heavy (non-hydrogen) atoms. The molecule has 0 amide bonds. The third-order valence-corrected chi connectivity index (χ3v) is 2.12. The maximum Gasteiger partial charge on any atom is 0.214 e. The first kappa shape index (κ1) is 7.61. The van der Waals surface area contributed by atoms with E-state index in [0.29, 0.717) is 0 Å². The molecule has 66 valence electrons. The molecule has 0 aromatic carbocycles. The second-order valence-corrected chi connectivity index (χ2v) is 3.50. The number of imidazole rings is 1. The summed E-state index contributed by atoms with van der Waals surface area (Å²) >= 11 is 0. The standard InChI is InChI=1S/C8H13N3O/c1-8(4-10-5-8)12-7-3-9-6-11(7)2/h3,6,10H,4-5H2,1-2H3. The molecule has 1 aromatic rings. The summed E-state index contributed by atoms with van der Waals surface area (Å²) in [4.78, 5) is 3.98. The summed E-state index contributed by atoms with van der Waals surface area (Å²) in [6, 6.07) is 0. The molecule has 4 nitrogen and oxygen atoms in total. The second-order valence-electron chi connectivity index (χ2n) is 3.50. The lowest BCUT2D eigenvalue weighted by molar-refractivity contribution is 0.0276. The Balaban J connectivity index is 2.08. The lowest BCUT2D eigenvalue weighted by Crippen LogP contribution is -2.61. The van der Waals surface area contributed by atoms with Crippen molar-refractivity contribution in [3.63, 3.8) is 0 Å². The Kier molecular flexibility index (Phi) is 1.58. The summed E-state index contributed by atoms with van der Waals surface area (Å²) in [5.41, 5.74) is -0.0339. The predicted octanol–water partition coefficient (Wildman–Crippen LogP) is 0.161. The van der Waals surface area contributed by atoms with E-state index in [-0.39, 0.29) is 5.60 Å². The first-order valence-electron chi connectivity index (χ1n) is 4.06. The average molecular weight is 167 g/mol. The molecule has 0 saturated carbocycles. The molecular weight excluding hydrogens is 154 g/mol. The average Bonchev–Trinajstić information content (AvgIpc) is 2.34. The summed E-state index contributed by atoms with van der Waals surface area (Å²) in [5.74, 6) is 0.832. The zero-order valence-electron chi connectivity index (χ0n) is 7.37. The Bertz CT molecular complexity index is 278. The highest BCUT2D eigenvalue weighted by molar-refractivity contribution is 5.09. The molecule has 0 radical (unpaired) electrons. The molecule has 1 aromatic heterocycles. The lowest BCUT2D eigenvalue weighted by atomic mass is 10.0. The monoisotopic (exact) mass is 167 g/mol. The number of rotatable bonds is 2. The van der Waals surface area contributed by atoms with E-state index in [1.807, 2.05) is 11.6 Å².